The van der Waals surface area contributed by atoms with Gasteiger partial charge in [0.15, 0.2) is 0 Å². The van der Waals surface area contributed by atoms with Gasteiger partial charge in [0.05, 0.1) is 25.7 Å². The molecule has 1 N–H and O–H groups in total. The summed E-state index contributed by atoms with van der Waals surface area (Å²) in [5.41, 5.74) is 0.781. The van der Waals surface area contributed by atoms with E-state index in [2.05, 4.69) is 5.32 Å². The zero-order chi connectivity index (χ0) is 21.8. The number of hydrogen-bond acceptors (Lipinski definition) is 4. The van der Waals surface area contributed by atoms with E-state index in [0.717, 1.165) is 5.56 Å². The minimum absolute atomic E-state index is 0.00113. The highest BCUT2D eigenvalue weighted by molar-refractivity contribution is 5.95. The van der Waals surface area contributed by atoms with E-state index < -0.39 is 17.6 Å². The lowest BCUT2D eigenvalue weighted by Gasteiger charge is -2.22. The summed E-state index contributed by atoms with van der Waals surface area (Å²) < 4.78 is 25.1. The van der Waals surface area contributed by atoms with Gasteiger partial charge in [0.1, 0.15) is 17.3 Å². The van der Waals surface area contributed by atoms with Gasteiger partial charge in [0.25, 0.3) is 5.91 Å². The number of nitrogens with one attached hydrogen (secondary N) is 1. The number of ether oxygens (including phenoxy) is 2. The average molecular weight is 414 g/mol. The SMILES string of the molecule is COc1ccc(OC)c([C@H]2CN(C(=O)c3ccccc3F)C[C@H]2C(=O)NC(C)C)c1. The first-order valence-corrected chi connectivity index (χ1v) is 9.91. The molecule has 0 spiro atoms. The van der Waals surface area contributed by atoms with Crippen LogP contribution in [0.15, 0.2) is 42.5 Å². The molecule has 2 atom stereocenters. The third kappa shape index (κ3) is 4.40. The van der Waals surface area contributed by atoms with Crippen molar-refractivity contribution in [3.05, 3.63) is 59.4 Å². The van der Waals surface area contributed by atoms with Crippen LogP contribution in [0.2, 0.25) is 0 Å². The predicted octanol–water partition coefficient (Wildman–Crippen LogP) is 3.22. The van der Waals surface area contributed by atoms with E-state index >= 15 is 0 Å². The first kappa shape index (κ1) is 21.6. The fourth-order valence-corrected chi connectivity index (χ4v) is 3.88. The number of carbonyl (C=O) groups excluding carboxylic acids is 2. The largest absolute Gasteiger partial charge is 0.497 e. The summed E-state index contributed by atoms with van der Waals surface area (Å²) in [4.78, 5) is 27.5. The first-order chi connectivity index (χ1) is 14.3. The number of carbonyl (C=O) groups is 2. The molecule has 0 aliphatic carbocycles. The van der Waals surface area contributed by atoms with Crippen LogP contribution >= 0.6 is 0 Å². The lowest BCUT2D eigenvalue weighted by molar-refractivity contribution is -0.125. The van der Waals surface area contributed by atoms with E-state index in [0.29, 0.717) is 11.5 Å². The molecule has 1 fully saturated rings. The standard InChI is InChI=1S/C23H27FN2O4/c1-14(2)25-22(27)19-13-26(23(28)16-7-5-6-8-20(16)24)12-18(19)17-11-15(29-3)9-10-21(17)30-4/h5-11,14,18-19H,12-13H2,1-4H3,(H,25,27)/t18-,19-/m1/s1. The maximum absolute atomic E-state index is 14.2. The average Bonchev–Trinajstić information content (AvgIpc) is 3.18. The molecule has 7 heteroatoms. The molecular weight excluding hydrogens is 387 g/mol. The van der Waals surface area contributed by atoms with Gasteiger partial charge in [0, 0.05) is 30.6 Å². The van der Waals surface area contributed by atoms with E-state index in [1.165, 1.54) is 17.0 Å². The fourth-order valence-electron chi connectivity index (χ4n) is 3.88. The molecule has 0 unspecified atom stereocenters. The quantitative estimate of drug-likeness (QED) is 0.788. The normalized spacial score (nSPS) is 18.4. The zero-order valence-corrected chi connectivity index (χ0v) is 17.6. The third-order valence-electron chi connectivity index (χ3n) is 5.32. The van der Waals surface area contributed by atoms with E-state index in [9.17, 15) is 14.0 Å². The number of hydrogen-bond donors (Lipinski definition) is 1. The van der Waals surface area contributed by atoms with Gasteiger partial charge in [-0.05, 0) is 44.2 Å². The van der Waals surface area contributed by atoms with E-state index in [1.807, 2.05) is 19.9 Å². The van der Waals surface area contributed by atoms with Gasteiger partial charge in [-0.15, -0.1) is 0 Å². The van der Waals surface area contributed by atoms with Crippen LogP contribution in [-0.4, -0.2) is 50.1 Å². The molecule has 1 saturated heterocycles. The number of nitrogens with zero attached hydrogens (tertiary/aromatic N) is 1. The number of methoxy groups -OCH3 is 2. The van der Waals surface area contributed by atoms with Gasteiger partial charge in [-0.1, -0.05) is 12.1 Å². The molecule has 2 amide bonds. The molecule has 30 heavy (non-hydrogen) atoms. The summed E-state index contributed by atoms with van der Waals surface area (Å²) in [5.74, 6) is -0.721. The predicted molar refractivity (Wildman–Crippen MR) is 111 cm³/mol. The van der Waals surface area contributed by atoms with Crippen LogP contribution in [0, 0.1) is 11.7 Å². The van der Waals surface area contributed by atoms with Crippen LogP contribution in [0.3, 0.4) is 0 Å². The smallest absolute Gasteiger partial charge is 0.256 e. The van der Waals surface area contributed by atoms with E-state index in [4.69, 9.17) is 9.47 Å². The number of halogens is 1. The lowest BCUT2D eigenvalue weighted by Crippen LogP contribution is -2.39. The van der Waals surface area contributed by atoms with Crippen LogP contribution in [0.25, 0.3) is 0 Å². The van der Waals surface area contributed by atoms with Crippen molar-refractivity contribution in [3.63, 3.8) is 0 Å². The Bertz CT molecular complexity index is 931. The van der Waals surface area contributed by atoms with Crippen molar-refractivity contribution in [2.75, 3.05) is 27.3 Å². The topological polar surface area (TPSA) is 67.9 Å². The summed E-state index contributed by atoms with van der Waals surface area (Å²) in [7, 11) is 3.13. The van der Waals surface area contributed by atoms with Gasteiger partial charge in [-0.25, -0.2) is 4.39 Å². The highest BCUT2D eigenvalue weighted by Crippen LogP contribution is 2.40. The fraction of sp³-hybridized carbons (Fsp3) is 0.391. The van der Waals surface area contributed by atoms with Crippen LogP contribution in [-0.2, 0) is 4.79 Å². The van der Waals surface area contributed by atoms with E-state index in [1.54, 1.807) is 38.5 Å². The molecule has 3 rings (SSSR count). The highest BCUT2D eigenvalue weighted by atomic mass is 19.1. The highest BCUT2D eigenvalue weighted by Gasteiger charge is 2.42. The van der Waals surface area contributed by atoms with Crippen molar-refractivity contribution in [3.8, 4) is 11.5 Å². The molecule has 6 nitrogen and oxygen atoms in total. The van der Waals surface area contributed by atoms with Gasteiger partial charge in [-0.3, -0.25) is 9.59 Å². The Morgan fingerprint density at radius 1 is 1.10 bits per heavy atom. The molecule has 1 aliphatic heterocycles. The molecule has 0 bridgehead atoms. The lowest BCUT2D eigenvalue weighted by atomic mass is 9.87. The summed E-state index contributed by atoms with van der Waals surface area (Å²) in [6.45, 7) is 4.23. The monoisotopic (exact) mass is 414 g/mol. The Balaban J connectivity index is 1.98. The molecule has 0 saturated carbocycles. The van der Waals surface area contributed by atoms with Crippen LogP contribution in [0.5, 0.6) is 11.5 Å². The number of likely N-dealkylation sites (tertiary alicyclic amines) is 1. The Hall–Kier alpha value is -3.09. The Kier molecular flexibility index (Phi) is 6.59. The van der Waals surface area contributed by atoms with Crippen LogP contribution in [0.4, 0.5) is 4.39 Å². The van der Waals surface area contributed by atoms with Crippen molar-refractivity contribution < 1.29 is 23.5 Å². The molecule has 2 aromatic rings. The molecule has 160 valence electrons. The minimum atomic E-state index is -0.576. The van der Waals surface area contributed by atoms with Crippen molar-refractivity contribution in [2.24, 2.45) is 5.92 Å². The van der Waals surface area contributed by atoms with Gasteiger partial charge >= 0.3 is 0 Å². The molecule has 2 aromatic carbocycles. The number of amides is 2. The van der Waals surface area contributed by atoms with Gasteiger partial charge < -0.3 is 19.7 Å². The van der Waals surface area contributed by atoms with Gasteiger partial charge in [-0.2, -0.15) is 0 Å². The molecule has 0 radical (unpaired) electrons. The summed E-state index contributed by atoms with van der Waals surface area (Å²) >= 11 is 0. The Morgan fingerprint density at radius 3 is 2.47 bits per heavy atom. The number of benzene rings is 2. The van der Waals surface area contributed by atoms with Crippen molar-refractivity contribution in [1.82, 2.24) is 10.2 Å². The second kappa shape index (κ2) is 9.15. The summed E-state index contributed by atoms with van der Waals surface area (Å²) in [5, 5.41) is 2.94. The number of rotatable bonds is 6. The first-order valence-electron chi connectivity index (χ1n) is 9.91. The molecule has 1 aliphatic rings. The third-order valence-corrected chi connectivity index (χ3v) is 5.32. The summed E-state index contributed by atoms with van der Waals surface area (Å²) in [6.07, 6.45) is 0. The summed E-state index contributed by atoms with van der Waals surface area (Å²) in [6, 6.07) is 11.2. The van der Waals surface area contributed by atoms with Gasteiger partial charge in [0.2, 0.25) is 5.91 Å². The molecule has 0 aromatic heterocycles. The van der Waals surface area contributed by atoms with Crippen molar-refractivity contribution in [2.45, 2.75) is 25.8 Å². The molecular formula is C23H27FN2O4. The maximum Gasteiger partial charge on any atom is 0.256 e. The minimum Gasteiger partial charge on any atom is -0.497 e. The Morgan fingerprint density at radius 2 is 1.83 bits per heavy atom. The molecule has 1 heterocycles. The van der Waals surface area contributed by atoms with Crippen LogP contribution in [0.1, 0.15) is 35.7 Å². The van der Waals surface area contributed by atoms with Crippen LogP contribution < -0.4 is 14.8 Å². The van der Waals surface area contributed by atoms with E-state index in [-0.39, 0.29) is 36.5 Å². The second-order valence-electron chi connectivity index (χ2n) is 7.67. The Labute approximate surface area is 176 Å². The van der Waals surface area contributed by atoms with Crippen molar-refractivity contribution in [1.29, 1.82) is 0 Å². The maximum atomic E-state index is 14.2. The zero-order valence-electron chi connectivity index (χ0n) is 17.6. The second-order valence-corrected chi connectivity index (χ2v) is 7.67. The van der Waals surface area contributed by atoms with Crippen molar-refractivity contribution >= 4 is 11.8 Å².